The molecule has 0 radical (unpaired) electrons. The second-order valence-corrected chi connectivity index (χ2v) is 5.52. The highest BCUT2D eigenvalue weighted by atomic mass is 32.2. The third-order valence-electron chi connectivity index (χ3n) is 1.85. The smallest absolute Gasteiger partial charge is 0.242 e. The molecule has 0 aliphatic carbocycles. The summed E-state index contributed by atoms with van der Waals surface area (Å²) < 4.78 is 24.6. The summed E-state index contributed by atoms with van der Waals surface area (Å²) in [4.78, 5) is 0.236. The molecule has 4 nitrogen and oxygen atoms in total. The zero-order valence-corrected chi connectivity index (χ0v) is 9.30. The average Bonchev–Trinajstić information content (AvgIpc) is 2.01. The molecular weight excluding hydrogens is 200 g/mol. The number of benzene rings is 1. The highest BCUT2D eigenvalue weighted by Gasteiger charge is 2.17. The van der Waals surface area contributed by atoms with Gasteiger partial charge in [0.2, 0.25) is 10.0 Å². The van der Waals surface area contributed by atoms with Crippen molar-refractivity contribution in [2.24, 2.45) is 0 Å². The van der Waals surface area contributed by atoms with Crippen LogP contribution in [0.5, 0.6) is 0 Å². The van der Waals surface area contributed by atoms with Gasteiger partial charge in [-0.3, -0.25) is 0 Å². The zero-order valence-electron chi connectivity index (χ0n) is 8.48. The maximum Gasteiger partial charge on any atom is 0.242 e. The molecule has 5 heteroatoms. The fraction of sp³-hybridized carbons (Fsp3) is 0.333. The Morgan fingerprint density at radius 3 is 2.21 bits per heavy atom. The molecule has 0 atom stereocenters. The molecule has 2 N–H and O–H groups in total. The Morgan fingerprint density at radius 1 is 1.21 bits per heavy atom. The standard InChI is InChI=1S/C9H14N2O2S/c1-7-4-8(10)6-9(5-7)14(12,13)11(2)3/h4-6H,10H2,1-3H3. The first-order valence-electron chi connectivity index (χ1n) is 4.14. The van der Waals surface area contributed by atoms with Gasteiger partial charge in [0.05, 0.1) is 4.90 Å². The van der Waals surface area contributed by atoms with E-state index < -0.39 is 10.0 Å². The van der Waals surface area contributed by atoms with E-state index in [1.807, 2.05) is 6.92 Å². The fourth-order valence-electron chi connectivity index (χ4n) is 1.14. The normalized spacial score (nSPS) is 12.0. The van der Waals surface area contributed by atoms with E-state index in [1.165, 1.54) is 24.5 Å². The van der Waals surface area contributed by atoms with E-state index in [2.05, 4.69) is 0 Å². The van der Waals surface area contributed by atoms with E-state index in [1.54, 1.807) is 12.1 Å². The van der Waals surface area contributed by atoms with E-state index in [-0.39, 0.29) is 4.90 Å². The van der Waals surface area contributed by atoms with Crippen molar-refractivity contribution in [2.75, 3.05) is 19.8 Å². The summed E-state index contributed by atoms with van der Waals surface area (Å²) in [5, 5.41) is 0. The number of sulfonamides is 1. The van der Waals surface area contributed by atoms with Gasteiger partial charge in [0.1, 0.15) is 0 Å². The maximum absolute atomic E-state index is 11.7. The van der Waals surface area contributed by atoms with Crippen LogP contribution >= 0.6 is 0 Å². The number of aryl methyl sites for hydroxylation is 1. The van der Waals surface area contributed by atoms with E-state index >= 15 is 0 Å². The van der Waals surface area contributed by atoms with Crippen LogP contribution in [0.3, 0.4) is 0 Å². The van der Waals surface area contributed by atoms with Gasteiger partial charge in [0.15, 0.2) is 0 Å². The molecule has 0 fully saturated rings. The molecule has 14 heavy (non-hydrogen) atoms. The van der Waals surface area contributed by atoms with Crippen molar-refractivity contribution >= 4 is 15.7 Å². The van der Waals surface area contributed by atoms with E-state index in [9.17, 15) is 8.42 Å². The maximum atomic E-state index is 11.7. The highest BCUT2D eigenvalue weighted by Crippen LogP contribution is 2.18. The van der Waals surface area contributed by atoms with Gasteiger partial charge >= 0.3 is 0 Å². The van der Waals surface area contributed by atoms with Gasteiger partial charge in [-0.25, -0.2) is 12.7 Å². The first-order chi connectivity index (χ1) is 6.34. The number of rotatable bonds is 2. The number of nitrogens with zero attached hydrogens (tertiary/aromatic N) is 1. The van der Waals surface area contributed by atoms with Crippen LogP contribution in [0.2, 0.25) is 0 Å². The molecular formula is C9H14N2O2S. The lowest BCUT2D eigenvalue weighted by Gasteiger charge is -2.12. The van der Waals surface area contributed by atoms with Gasteiger partial charge in [-0.1, -0.05) is 0 Å². The Kier molecular flexibility index (Phi) is 2.82. The zero-order chi connectivity index (χ0) is 10.9. The van der Waals surface area contributed by atoms with Crippen LogP contribution in [-0.2, 0) is 10.0 Å². The van der Waals surface area contributed by atoms with Crippen LogP contribution in [0.1, 0.15) is 5.56 Å². The summed E-state index contributed by atoms with van der Waals surface area (Å²) in [7, 11) is -0.381. The topological polar surface area (TPSA) is 63.4 Å². The summed E-state index contributed by atoms with van der Waals surface area (Å²) in [5.74, 6) is 0. The van der Waals surface area contributed by atoms with Crippen molar-refractivity contribution in [3.63, 3.8) is 0 Å². The SMILES string of the molecule is Cc1cc(N)cc(S(=O)(=O)N(C)C)c1. The number of nitrogens with two attached hydrogens (primary N) is 1. The first kappa shape index (κ1) is 11.0. The van der Waals surface area contributed by atoms with Gasteiger partial charge in [-0.2, -0.15) is 0 Å². The third-order valence-corrected chi connectivity index (χ3v) is 3.64. The van der Waals surface area contributed by atoms with Gasteiger partial charge in [0, 0.05) is 19.8 Å². The number of nitrogen functional groups attached to an aromatic ring is 1. The predicted molar refractivity (Wildman–Crippen MR) is 56.5 cm³/mol. The van der Waals surface area contributed by atoms with Gasteiger partial charge < -0.3 is 5.73 Å². The van der Waals surface area contributed by atoms with Crippen LogP contribution in [-0.4, -0.2) is 26.8 Å². The molecule has 1 rings (SSSR count). The summed E-state index contributed by atoms with van der Waals surface area (Å²) in [6.45, 7) is 1.81. The summed E-state index contributed by atoms with van der Waals surface area (Å²) in [6, 6.07) is 4.79. The molecule has 78 valence electrons. The molecule has 1 aromatic carbocycles. The van der Waals surface area contributed by atoms with Crippen molar-refractivity contribution in [2.45, 2.75) is 11.8 Å². The Labute approximate surface area is 84.4 Å². The molecule has 0 unspecified atom stereocenters. The molecule has 0 saturated heterocycles. The van der Waals surface area contributed by atoms with Gasteiger partial charge in [-0.05, 0) is 30.7 Å². The molecule has 1 aromatic rings. The monoisotopic (exact) mass is 214 g/mol. The van der Waals surface area contributed by atoms with Gasteiger partial charge in [0.25, 0.3) is 0 Å². The highest BCUT2D eigenvalue weighted by molar-refractivity contribution is 7.89. The molecule has 0 aliphatic heterocycles. The molecule has 0 bridgehead atoms. The summed E-state index contributed by atoms with van der Waals surface area (Å²) in [6.07, 6.45) is 0. The van der Waals surface area contributed by atoms with Crippen LogP contribution < -0.4 is 5.73 Å². The number of anilines is 1. The Balaban J connectivity index is 3.34. The quantitative estimate of drug-likeness (QED) is 0.742. The van der Waals surface area contributed by atoms with E-state index in [0.717, 1.165) is 5.56 Å². The predicted octanol–water partition coefficient (Wildman–Crippen LogP) is 0.828. The minimum Gasteiger partial charge on any atom is -0.399 e. The van der Waals surface area contributed by atoms with Crippen molar-refractivity contribution < 1.29 is 8.42 Å². The second-order valence-electron chi connectivity index (χ2n) is 3.37. The fourth-order valence-corrected chi connectivity index (χ4v) is 2.18. The van der Waals surface area contributed by atoms with Gasteiger partial charge in [-0.15, -0.1) is 0 Å². The van der Waals surface area contributed by atoms with Crippen molar-refractivity contribution in [1.82, 2.24) is 4.31 Å². The summed E-state index contributed by atoms with van der Waals surface area (Å²) in [5.41, 5.74) is 6.88. The Hall–Kier alpha value is -1.07. The van der Waals surface area contributed by atoms with Crippen molar-refractivity contribution in [3.8, 4) is 0 Å². The number of hydrogen-bond acceptors (Lipinski definition) is 3. The lowest BCUT2D eigenvalue weighted by Crippen LogP contribution is -2.22. The molecule has 0 amide bonds. The van der Waals surface area contributed by atoms with Crippen LogP contribution in [0.25, 0.3) is 0 Å². The van der Waals surface area contributed by atoms with Crippen molar-refractivity contribution in [3.05, 3.63) is 23.8 Å². The van der Waals surface area contributed by atoms with Crippen LogP contribution in [0.15, 0.2) is 23.1 Å². The van der Waals surface area contributed by atoms with Crippen LogP contribution in [0, 0.1) is 6.92 Å². The Bertz CT molecular complexity index is 418. The molecule has 0 heterocycles. The minimum absolute atomic E-state index is 0.236. The lowest BCUT2D eigenvalue weighted by molar-refractivity contribution is 0.520. The molecule has 0 spiro atoms. The number of hydrogen-bond donors (Lipinski definition) is 1. The summed E-state index contributed by atoms with van der Waals surface area (Å²) >= 11 is 0. The molecule has 0 aliphatic rings. The second kappa shape index (κ2) is 3.59. The first-order valence-corrected chi connectivity index (χ1v) is 5.58. The van der Waals surface area contributed by atoms with E-state index in [0.29, 0.717) is 5.69 Å². The minimum atomic E-state index is -3.37. The Morgan fingerprint density at radius 2 is 1.79 bits per heavy atom. The van der Waals surface area contributed by atoms with Crippen LogP contribution in [0.4, 0.5) is 5.69 Å². The largest absolute Gasteiger partial charge is 0.399 e. The third kappa shape index (κ3) is 2.05. The molecule has 0 aromatic heterocycles. The lowest BCUT2D eigenvalue weighted by atomic mass is 10.2. The average molecular weight is 214 g/mol. The van der Waals surface area contributed by atoms with Crippen molar-refractivity contribution in [1.29, 1.82) is 0 Å². The molecule has 0 saturated carbocycles. The van der Waals surface area contributed by atoms with E-state index in [4.69, 9.17) is 5.73 Å².